The third kappa shape index (κ3) is 3.70. The Hall–Kier alpha value is -4.07. The van der Waals surface area contributed by atoms with E-state index >= 15 is 0 Å². The summed E-state index contributed by atoms with van der Waals surface area (Å²) in [5.74, 6) is 0.409. The van der Waals surface area contributed by atoms with Crippen LogP contribution in [0.1, 0.15) is 5.56 Å². The lowest BCUT2D eigenvalue weighted by Gasteiger charge is -2.10. The summed E-state index contributed by atoms with van der Waals surface area (Å²) in [6.45, 7) is 0.322. The Morgan fingerprint density at radius 2 is 1.75 bits per heavy atom. The number of aromatic nitrogens is 2. The Kier molecular flexibility index (Phi) is 4.51. The molecular weight excluding hydrogens is 360 g/mol. The van der Waals surface area contributed by atoms with Gasteiger partial charge in [-0.05, 0) is 35.9 Å². The Morgan fingerprint density at radius 3 is 2.54 bits per heavy atom. The molecule has 0 radical (unpaired) electrons. The number of benzene rings is 3. The van der Waals surface area contributed by atoms with E-state index in [0.717, 1.165) is 5.56 Å². The van der Waals surface area contributed by atoms with E-state index in [4.69, 9.17) is 4.74 Å². The minimum atomic E-state index is -0.464. The number of hydrogen-bond donors (Lipinski definition) is 3. The number of nitrogens with one attached hydrogen (secondary N) is 3. The van der Waals surface area contributed by atoms with Crippen molar-refractivity contribution in [3.05, 3.63) is 92.9 Å². The Labute approximate surface area is 158 Å². The number of rotatable bonds is 6. The zero-order valence-electron chi connectivity index (χ0n) is 14.6. The first-order valence-electron chi connectivity index (χ1n) is 8.53. The summed E-state index contributed by atoms with van der Waals surface area (Å²) in [4.78, 5) is 27.7. The average Bonchev–Trinajstić information content (AvgIpc) is 3.07. The monoisotopic (exact) mass is 376 g/mol. The van der Waals surface area contributed by atoms with Crippen LogP contribution < -0.4 is 15.7 Å². The second kappa shape index (κ2) is 7.28. The molecule has 28 heavy (non-hydrogen) atoms. The Balaban J connectivity index is 1.57. The largest absolute Gasteiger partial charge is 0.489 e. The van der Waals surface area contributed by atoms with Crippen LogP contribution in [-0.4, -0.2) is 14.9 Å². The zero-order valence-corrected chi connectivity index (χ0v) is 14.6. The Morgan fingerprint density at radius 1 is 0.964 bits per heavy atom. The molecule has 1 aromatic heterocycles. The first-order valence-corrected chi connectivity index (χ1v) is 8.53. The highest BCUT2D eigenvalue weighted by atomic mass is 16.6. The topological polar surface area (TPSA) is 113 Å². The molecule has 1 heterocycles. The van der Waals surface area contributed by atoms with E-state index in [1.165, 1.54) is 6.07 Å². The van der Waals surface area contributed by atoms with Crippen molar-refractivity contribution in [1.82, 2.24) is 9.97 Å². The first-order chi connectivity index (χ1) is 13.6. The maximum atomic E-state index is 11.5. The molecule has 0 aliphatic rings. The third-order valence-electron chi connectivity index (χ3n) is 4.21. The lowest BCUT2D eigenvalue weighted by molar-refractivity contribution is -0.384. The van der Waals surface area contributed by atoms with E-state index in [0.29, 0.717) is 34.8 Å². The van der Waals surface area contributed by atoms with Gasteiger partial charge in [0.05, 0.1) is 22.0 Å². The van der Waals surface area contributed by atoms with Crippen LogP contribution in [0.3, 0.4) is 0 Å². The third-order valence-corrected chi connectivity index (χ3v) is 4.21. The van der Waals surface area contributed by atoms with Gasteiger partial charge in [0.15, 0.2) is 0 Å². The summed E-state index contributed by atoms with van der Waals surface area (Å²) in [6.07, 6.45) is 0. The summed E-state index contributed by atoms with van der Waals surface area (Å²) in [7, 11) is 0. The second-order valence-corrected chi connectivity index (χ2v) is 6.17. The zero-order chi connectivity index (χ0) is 19.5. The van der Waals surface area contributed by atoms with Crippen LogP contribution in [-0.2, 0) is 6.61 Å². The predicted molar refractivity (Wildman–Crippen MR) is 106 cm³/mol. The van der Waals surface area contributed by atoms with Crippen LogP contribution in [0.4, 0.5) is 17.1 Å². The fraction of sp³-hybridized carbons (Fsp3) is 0.0500. The van der Waals surface area contributed by atoms with Crippen LogP contribution >= 0.6 is 0 Å². The summed E-state index contributed by atoms with van der Waals surface area (Å²) < 4.78 is 5.67. The molecule has 8 nitrogen and oxygen atoms in total. The summed E-state index contributed by atoms with van der Waals surface area (Å²) in [5, 5.41) is 14.5. The number of imidazole rings is 1. The van der Waals surface area contributed by atoms with Crippen molar-refractivity contribution < 1.29 is 9.66 Å². The predicted octanol–water partition coefficient (Wildman–Crippen LogP) is 4.09. The van der Waals surface area contributed by atoms with Gasteiger partial charge < -0.3 is 20.0 Å². The number of ether oxygens (including phenoxy) is 1. The lowest BCUT2D eigenvalue weighted by Crippen LogP contribution is -2.00. The van der Waals surface area contributed by atoms with Crippen LogP contribution in [0.25, 0.3) is 11.0 Å². The van der Waals surface area contributed by atoms with Gasteiger partial charge >= 0.3 is 5.69 Å². The maximum absolute atomic E-state index is 11.5. The van der Waals surface area contributed by atoms with Crippen molar-refractivity contribution >= 4 is 28.1 Å². The number of H-pyrrole nitrogens is 2. The number of aromatic amines is 2. The number of nitro benzene ring substituents is 1. The molecule has 0 bridgehead atoms. The van der Waals surface area contributed by atoms with Crippen molar-refractivity contribution in [2.24, 2.45) is 0 Å². The highest BCUT2D eigenvalue weighted by molar-refractivity contribution is 5.81. The summed E-state index contributed by atoms with van der Waals surface area (Å²) in [6, 6.07) is 19.4. The van der Waals surface area contributed by atoms with Gasteiger partial charge in [-0.2, -0.15) is 0 Å². The van der Waals surface area contributed by atoms with Crippen molar-refractivity contribution in [2.45, 2.75) is 6.61 Å². The van der Waals surface area contributed by atoms with Gasteiger partial charge in [0, 0.05) is 5.69 Å². The minimum absolute atomic E-state index is 0.103. The summed E-state index contributed by atoms with van der Waals surface area (Å²) in [5.41, 5.74) is 2.78. The van der Waals surface area contributed by atoms with E-state index in [-0.39, 0.29) is 11.4 Å². The van der Waals surface area contributed by atoms with Crippen molar-refractivity contribution in [2.75, 3.05) is 5.32 Å². The molecule has 140 valence electrons. The van der Waals surface area contributed by atoms with Crippen molar-refractivity contribution in [3.8, 4) is 5.75 Å². The van der Waals surface area contributed by atoms with E-state index in [1.807, 2.05) is 30.3 Å². The lowest BCUT2D eigenvalue weighted by atomic mass is 10.2. The maximum Gasteiger partial charge on any atom is 0.323 e. The number of nitro groups is 1. The standard InChI is InChI=1S/C20H16N4O4/c25-20-22-16-8-6-14(10-18(16)23-20)21-17-9-7-15(11-19(17)24(26)27)28-12-13-4-2-1-3-5-13/h1-11,21H,12H2,(H2,22,23,25). The minimum Gasteiger partial charge on any atom is -0.489 e. The molecule has 8 heteroatoms. The molecule has 0 aliphatic heterocycles. The number of nitrogens with zero attached hydrogens (tertiary/aromatic N) is 1. The fourth-order valence-corrected chi connectivity index (χ4v) is 2.86. The van der Waals surface area contributed by atoms with Gasteiger partial charge in [-0.3, -0.25) is 10.1 Å². The molecule has 0 spiro atoms. The van der Waals surface area contributed by atoms with Crippen molar-refractivity contribution in [3.63, 3.8) is 0 Å². The van der Waals surface area contributed by atoms with Gasteiger partial charge in [-0.25, -0.2) is 4.79 Å². The normalized spacial score (nSPS) is 10.7. The van der Waals surface area contributed by atoms with E-state index in [1.54, 1.807) is 30.3 Å². The first kappa shape index (κ1) is 17.3. The molecule has 0 amide bonds. The molecule has 0 saturated heterocycles. The second-order valence-electron chi connectivity index (χ2n) is 6.17. The summed E-state index contributed by atoms with van der Waals surface area (Å²) >= 11 is 0. The highest BCUT2D eigenvalue weighted by Crippen LogP contribution is 2.32. The van der Waals surface area contributed by atoms with Crippen molar-refractivity contribution in [1.29, 1.82) is 0 Å². The fourth-order valence-electron chi connectivity index (χ4n) is 2.86. The van der Waals surface area contributed by atoms with Crippen LogP contribution in [0.2, 0.25) is 0 Å². The van der Waals surface area contributed by atoms with Gasteiger partial charge in [0.25, 0.3) is 5.69 Å². The van der Waals surface area contributed by atoms with Crippen LogP contribution in [0.5, 0.6) is 5.75 Å². The van der Waals surface area contributed by atoms with Gasteiger partial charge in [0.2, 0.25) is 0 Å². The molecule has 0 saturated carbocycles. The molecular formula is C20H16N4O4. The van der Waals surface area contributed by atoms with Gasteiger partial charge in [0.1, 0.15) is 18.0 Å². The van der Waals surface area contributed by atoms with Gasteiger partial charge in [-0.1, -0.05) is 30.3 Å². The molecule has 0 fully saturated rings. The van der Waals surface area contributed by atoms with Gasteiger partial charge in [-0.15, -0.1) is 0 Å². The average molecular weight is 376 g/mol. The van der Waals surface area contributed by atoms with E-state index < -0.39 is 4.92 Å². The number of hydrogen-bond acceptors (Lipinski definition) is 5. The molecule has 4 rings (SSSR count). The smallest absolute Gasteiger partial charge is 0.323 e. The Bertz CT molecular complexity index is 1200. The molecule has 0 atom stereocenters. The van der Waals surface area contributed by atoms with Crippen LogP contribution in [0, 0.1) is 10.1 Å². The molecule has 3 N–H and O–H groups in total. The van der Waals surface area contributed by atoms with E-state index in [2.05, 4.69) is 15.3 Å². The number of fused-ring (bicyclic) bond motifs is 1. The molecule has 0 aliphatic carbocycles. The highest BCUT2D eigenvalue weighted by Gasteiger charge is 2.16. The van der Waals surface area contributed by atoms with Crippen LogP contribution in [0.15, 0.2) is 71.5 Å². The molecule has 0 unspecified atom stereocenters. The quantitative estimate of drug-likeness (QED) is 0.346. The molecule has 3 aromatic carbocycles. The van der Waals surface area contributed by atoms with E-state index in [9.17, 15) is 14.9 Å². The SMILES string of the molecule is O=c1[nH]c2ccc(Nc3ccc(OCc4ccccc4)cc3[N+](=O)[O-])cc2[nH]1. The number of anilines is 2. The molecule has 4 aromatic rings.